The number of halogens is 1. The van der Waals surface area contributed by atoms with Gasteiger partial charge in [0.25, 0.3) is 0 Å². The highest BCUT2D eigenvalue weighted by Crippen LogP contribution is 2.05. The normalized spacial score (nSPS) is 26.2. The maximum absolute atomic E-state index is 5.64. The first-order valence-electron chi connectivity index (χ1n) is 2.46. The minimum absolute atomic E-state index is 0.377. The van der Waals surface area contributed by atoms with Gasteiger partial charge >= 0.3 is 0 Å². The third-order valence-corrected chi connectivity index (χ3v) is 1.70. The van der Waals surface area contributed by atoms with E-state index in [1.54, 1.807) is 13.1 Å². The Balaban J connectivity index is 2.82. The van der Waals surface area contributed by atoms with E-state index in [1.807, 2.05) is 0 Å². The van der Waals surface area contributed by atoms with Crippen LogP contribution in [-0.2, 0) is 0 Å². The Morgan fingerprint density at radius 1 is 1.78 bits per heavy atom. The summed E-state index contributed by atoms with van der Waals surface area (Å²) in [5.41, 5.74) is -0.377. The van der Waals surface area contributed by atoms with Gasteiger partial charge in [0.05, 0.1) is 4.86 Å². The molecule has 2 nitrogen and oxygen atoms in total. The van der Waals surface area contributed by atoms with Crippen molar-refractivity contribution in [1.82, 2.24) is 0 Å². The molecule has 0 aromatic heterocycles. The molecule has 1 unspecified atom stereocenters. The highest BCUT2D eigenvalue weighted by molar-refractivity contribution is 7.82. The molecule has 0 N–H and O–H groups in total. The van der Waals surface area contributed by atoms with Crippen LogP contribution >= 0.6 is 23.8 Å². The van der Waals surface area contributed by atoms with Gasteiger partial charge in [0.15, 0.2) is 5.50 Å². The summed E-state index contributed by atoms with van der Waals surface area (Å²) in [5.74, 6) is 0.684. The zero-order valence-corrected chi connectivity index (χ0v) is 6.41. The number of aliphatic imine (C=N–C) groups is 2. The number of rotatable bonds is 0. The van der Waals surface area contributed by atoms with Crippen LogP contribution in [0.25, 0.3) is 0 Å². The summed E-state index contributed by atoms with van der Waals surface area (Å²) in [7, 11) is 0. The molecule has 1 rings (SSSR count). The molecule has 4 heteroatoms. The Hall–Kier alpha value is -0.280. The first-order valence-corrected chi connectivity index (χ1v) is 3.31. The van der Waals surface area contributed by atoms with Crippen molar-refractivity contribution < 1.29 is 0 Å². The van der Waals surface area contributed by atoms with E-state index < -0.39 is 0 Å². The summed E-state index contributed by atoms with van der Waals surface area (Å²) < 4.78 is 0. The van der Waals surface area contributed by atoms with E-state index in [1.165, 1.54) is 0 Å². The lowest BCUT2D eigenvalue weighted by Gasteiger charge is -2.06. The maximum Gasteiger partial charge on any atom is 0.162 e. The van der Waals surface area contributed by atoms with E-state index in [-0.39, 0.29) is 5.50 Å². The minimum atomic E-state index is -0.377. The van der Waals surface area contributed by atoms with Crippen molar-refractivity contribution in [1.29, 1.82) is 0 Å². The van der Waals surface area contributed by atoms with Gasteiger partial charge in [-0.15, -0.1) is 0 Å². The second-order valence-corrected chi connectivity index (χ2v) is 2.56. The van der Waals surface area contributed by atoms with E-state index in [9.17, 15) is 0 Å². The fourth-order valence-electron chi connectivity index (χ4n) is 0.480. The highest BCUT2D eigenvalue weighted by Gasteiger charge is 2.10. The highest BCUT2D eigenvalue weighted by atomic mass is 35.5. The Morgan fingerprint density at radius 3 is 2.89 bits per heavy atom. The minimum Gasteiger partial charge on any atom is -0.246 e. The summed E-state index contributed by atoms with van der Waals surface area (Å²) in [4.78, 5) is 8.35. The molecule has 0 aliphatic carbocycles. The van der Waals surface area contributed by atoms with Crippen LogP contribution in [0.5, 0.6) is 0 Å². The number of alkyl halides is 1. The molecular formula is C5H5ClN2S. The number of thiocarbonyl (C=S) groups is 1. The number of amidine groups is 1. The van der Waals surface area contributed by atoms with Gasteiger partial charge in [-0.25, -0.2) is 9.98 Å². The van der Waals surface area contributed by atoms with Crippen molar-refractivity contribution in [3.63, 3.8) is 0 Å². The third-order valence-electron chi connectivity index (χ3n) is 0.914. The predicted octanol–water partition coefficient (Wildman–Crippen LogP) is 1.42. The van der Waals surface area contributed by atoms with Gasteiger partial charge in [-0.05, 0) is 6.92 Å². The Bertz CT molecular complexity index is 197. The fourth-order valence-corrected chi connectivity index (χ4v) is 0.783. The zero-order valence-electron chi connectivity index (χ0n) is 4.84. The summed E-state index contributed by atoms with van der Waals surface area (Å²) in [6, 6.07) is 0. The van der Waals surface area contributed by atoms with E-state index in [0.717, 1.165) is 0 Å². The monoisotopic (exact) mass is 160 g/mol. The van der Waals surface area contributed by atoms with Crippen molar-refractivity contribution >= 4 is 40.7 Å². The van der Waals surface area contributed by atoms with Crippen molar-refractivity contribution in [2.24, 2.45) is 9.98 Å². The van der Waals surface area contributed by atoms with Crippen LogP contribution in [0.4, 0.5) is 0 Å². The topological polar surface area (TPSA) is 24.7 Å². The largest absolute Gasteiger partial charge is 0.246 e. The van der Waals surface area contributed by atoms with E-state index in [0.29, 0.717) is 10.7 Å². The van der Waals surface area contributed by atoms with Crippen LogP contribution in [0.3, 0.4) is 0 Å². The van der Waals surface area contributed by atoms with Crippen LogP contribution < -0.4 is 0 Å². The second kappa shape index (κ2) is 2.54. The SMILES string of the molecule is CC1=NC(Cl)C(=S)C=N1. The van der Waals surface area contributed by atoms with Crippen molar-refractivity contribution in [2.75, 3.05) is 0 Å². The van der Waals surface area contributed by atoms with Crippen LogP contribution in [0, 0.1) is 0 Å². The second-order valence-electron chi connectivity index (χ2n) is 1.67. The molecule has 0 fully saturated rings. The molecular weight excluding hydrogens is 156 g/mol. The molecule has 0 aromatic rings. The number of hydrogen-bond donors (Lipinski definition) is 0. The van der Waals surface area contributed by atoms with Crippen molar-refractivity contribution in [3.05, 3.63) is 0 Å². The maximum atomic E-state index is 5.64. The molecule has 1 aliphatic heterocycles. The van der Waals surface area contributed by atoms with Gasteiger partial charge in [-0.3, -0.25) is 0 Å². The summed E-state index contributed by atoms with van der Waals surface area (Å²) >= 11 is 10.4. The molecule has 0 spiro atoms. The number of nitrogens with zero attached hydrogens (tertiary/aromatic N) is 2. The lowest BCUT2D eigenvalue weighted by atomic mass is 10.4. The summed E-state index contributed by atoms with van der Waals surface area (Å²) in [6.07, 6.45) is 1.56. The average molecular weight is 161 g/mol. The molecule has 1 heterocycles. The molecule has 0 saturated heterocycles. The van der Waals surface area contributed by atoms with E-state index >= 15 is 0 Å². The Morgan fingerprint density at radius 2 is 2.44 bits per heavy atom. The molecule has 0 bridgehead atoms. The Labute approximate surface area is 63.6 Å². The van der Waals surface area contributed by atoms with Gasteiger partial charge < -0.3 is 0 Å². The van der Waals surface area contributed by atoms with Gasteiger partial charge in [-0.2, -0.15) is 0 Å². The molecule has 9 heavy (non-hydrogen) atoms. The quantitative estimate of drug-likeness (QED) is 0.299. The van der Waals surface area contributed by atoms with Gasteiger partial charge in [-0.1, -0.05) is 23.8 Å². The molecule has 0 radical (unpaired) electrons. The van der Waals surface area contributed by atoms with E-state index in [4.69, 9.17) is 23.8 Å². The lowest BCUT2D eigenvalue weighted by molar-refractivity contribution is 1.19. The molecule has 0 amide bonds. The first-order chi connectivity index (χ1) is 4.20. The predicted molar refractivity (Wildman–Crippen MR) is 43.8 cm³/mol. The average Bonchev–Trinajstić information content (AvgIpc) is 1.80. The lowest BCUT2D eigenvalue weighted by Crippen LogP contribution is -2.17. The molecule has 1 atom stereocenters. The number of hydrogen-bond acceptors (Lipinski definition) is 3. The first kappa shape index (κ1) is 6.83. The molecule has 0 saturated carbocycles. The molecule has 1 aliphatic rings. The van der Waals surface area contributed by atoms with Crippen LogP contribution in [0.1, 0.15) is 6.92 Å². The smallest absolute Gasteiger partial charge is 0.162 e. The van der Waals surface area contributed by atoms with Crippen molar-refractivity contribution in [2.45, 2.75) is 12.4 Å². The standard InChI is InChI=1S/C5H5ClN2S/c1-3-7-2-4(9)5(6)8-3/h2,5H,1H3. The zero-order chi connectivity index (χ0) is 6.85. The van der Waals surface area contributed by atoms with Crippen LogP contribution in [-0.4, -0.2) is 22.4 Å². The van der Waals surface area contributed by atoms with Crippen molar-refractivity contribution in [3.8, 4) is 0 Å². The van der Waals surface area contributed by atoms with Crippen LogP contribution in [0.15, 0.2) is 9.98 Å². The Kier molecular flexibility index (Phi) is 1.93. The summed E-state index contributed by atoms with van der Waals surface area (Å²) in [5, 5.41) is 0. The fraction of sp³-hybridized carbons (Fsp3) is 0.400. The molecule has 0 aromatic carbocycles. The summed E-state index contributed by atoms with van der Waals surface area (Å²) in [6.45, 7) is 1.79. The van der Waals surface area contributed by atoms with Gasteiger partial charge in [0.2, 0.25) is 0 Å². The van der Waals surface area contributed by atoms with Gasteiger partial charge in [0, 0.05) is 6.21 Å². The van der Waals surface area contributed by atoms with E-state index in [2.05, 4.69) is 9.98 Å². The molecule has 48 valence electrons. The van der Waals surface area contributed by atoms with Gasteiger partial charge in [0.1, 0.15) is 5.84 Å². The van der Waals surface area contributed by atoms with Crippen LogP contribution in [0.2, 0.25) is 0 Å². The third kappa shape index (κ3) is 1.56.